The molecule has 0 bridgehead atoms. The molecule has 0 aliphatic carbocycles. The molecule has 6 nitrogen and oxygen atoms in total. The fraction of sp³-hybridized carbons (Fsp3) is 0.316. The third-order valence-corrected chi connectivity index (χ3v) is 4.94. The number of benzene rings is 1. The molecule has 0 aliphatic rings. The largest absolute Gasteiger partial charge is 0.461 e. The smallest absolute Gasteiger partial charge is 0.357 e. The molecule has 1 aromatic carbocycles. The summed E-state index contributed by atoms with van der Waals surface area (Å²) in [5, 5.41) is 2.83. The number of hydrogen-bond donors (Lipinski definition) is 0. The summed E-state index contributed by atoms with van der Waals surface area (Å²) in [6, 6.07) is 7.56. The Balaban J connectivity index is 2.01. The van der Waals surface area contributed by atoms with Gasteiger partial charge in [0, 0.05) is 35.6 Å². The number of thiazole rings is 1. The highest BCUT2D eigenvalue weighted by Crippen LogP contribution is 2.27. The lowest BCUT2D eigenvalue weighted by atomic mass is 10.1. The molecule has 3 rings (SSSR count). The van der Waals surface area contributed by atoms with Crippen LogP contribution in [0.25, 0.3) is 21.5 Å². The van der Waals surface area contributed by atoms with Crippen molar-refractivity contribution in [2.24, 2.45) is 0 Å². The molecule has 0 saturated carbocycles. The maximum Gasteiger partial charge on any atom is 0.357 e. The zero-order chi connectivity index (χ0) is 18.7. The number of aromatic nitrogens is 1. The minimum atomic E-state index is -0.496. The summed E-state index contributed by atoms with van der Waals surface area (Å²) in [7, 11) is 0. The molecule has 0 N–H and O–H groups in total. The van der Waals surface area contributed by atoms with E-state index in [4.69, 9.17) is 9.15 Å². The van der Waals surface area contributed by atoms with Gasteiger partial charge in [-0.25, -0.2) is 14.6 Å². The Labute approximate surface area is 155 Å². The van der Waals surface area contributed by atoms with E-state index >= 15 is 0 Å². The van der Waals surface area contributed by atoms with Crippen molar-refractivity contribution in [3.63, 3.8) is 0 Å². The van der Waals surface area contributed by atoms with Crippen molar-refractivity contribution >= 4 is 34.0 Å². The number of esters is 1. The van der Waals surface area contributed by atoms with E-state index in [0.29, 0.717) is 16.2 Å². The Morgan fingerprint density at radius 1 is 1.23 bits per heavy atom. The van der Waals surface area contributed by atoms with Crippen LogP contribution in [0.1, 0.15) is 31.3 Å². The highest BCUT2D eigenvalue weighted by Gasteiger charge is 2.16. The minimum Gasteiger partial charge on any atom is -0.461 e. The van der Waals surface area contributed by atoms with Crippen LogP contribution in [-0.4, -0.2) is 30.6 Å². The van der Waals surface area contributed by atoms with Crippen LogP contribution in [0.4, 0.5) is 5.69 Å². The van der Waals surface area contributed by atoms with Gasteiger partial charge in [0.05, 0.1) is 12.2 Å². The van der Waals surface area contributed by atoms with Gasteiger partial charge in [0.2, 0.25) is 0 Å². The summed E-state index contributed by atoms with van der Waals surface area (Å²) in [6.45, 7) is 7.92. The number of fused-ring (bicyclic) bond motifs is 1. The molecule has 0 radical (unpaired) electrons. The van der Waals surface area contributed by atoms with Gasteiger partial charge in [-0.3, -0.25) is 0 Å². The first-order valence-electron chi connectivity index (χ1n) is 8.53. The van der Waals surface area contributed by atoms with Gasteiger partial charge >= 0.3 is 11.6 Å². The number of nitrogens with zero attached hydrogens (tertiary/aromatic N) is 2. The summed E-state index contributed by atoms with van der Waals surface area (Å²) in [5.74, 6) is -0.496. The first-order chi connectivity index (χ1) is 12.6. The zero-order valence-electron chi connectivity index (χ0n) is 14.9. The van der Waals surface area contributed by atoms with Crippen molar-refractivity contribution in [3.8, 4) is 10.6 Å². The summed E-state index contributed by atoms with van der Waals surface area (Å²) < 4.78 is 10.4. The van der Waals surface area contributed by atoms with E-state index < -0.39 is 11.6 Å². The minimum absolute atomic E-state index is 0.197. The first kappa shape index (κ1) is 18.1. The molecule has 136 valence electrons. The molecule has 0 unspecified atom stereocenters. The third-order valence-electron chi connectivity index (χ3n) is 4.07. The van der Waals surface area contributed by atoms with Crippen LogP contribution in [0.15, 0.2) is 38.9 Å². The lowest BCUT2D eigenvalue weighted by molar-refractivity contribution is 0.0520. The van der Waals surface area contributed by atoms with Gasteiger partial charge in [-0.05, 0) is 39.0 Å². The standard InChI is InChI=1S/C19H20N2O4S/c1-4-21(5-2)13-8-7-12-9-14(18(22)25-16(12)10-13)17-20-15(11-26-17)19(23)24-6-3/h7-11H,4-6H2,1-3H3. The number of rotatable bonds is 6. The highest BCUT2D eigenvalue weighted by atomic mass is 32.1. The quantitative estimate of drug-likeness (QED) is 0.482. The Hall–Kier alpha value is -2.67. The second kappa shape index (κ2) is 7.70. The van der Waals surface area contributed by atoms with Crippen molar-refractivity contribution in [1.82, 2.24) is 4.98 Å². The van der Waals surface area contributed by atoms with Crippen LogP contribution in [0.2, 0.25) is 0 Å². The Kier molecular flexibility index (Phi) is 5.37. The van der Waals surface area contributed by atoms with Crippen LogP contribution in [0.5, 0.6) is 0 Å². The van der Waals surface area contributed by atoms with Gasteiger partial charge in [0.1, 0.15) is 10.6 Å². The number of hydrogen-bond acceptors (Lipinski definition) is 7. The van der Waals surface area contributed by atoms with Gasteiger partial charge in [-0.2, -0.15) is 0 Å². The molecule has 3 aromatic rings. The average molecular weight is 372 g/mol. The van der Waals surface area contributed by atoms with E-state index in [0.717, 1.165) is 24.2 Å². The third kappa shape index (κ3) is 3.48. The normalized spacial score (nSPS) is 10.9. The van der Waals surface area contributed by atoms with Gasteiger partial charge in [-0.1, -0.05) is 0 Å². The second-order valence-electron chi connectivity index (χ2n) is 5.60. The Morgan fingerprint density at radius 3 is 2.69 bits per heavy atom. The average Bonchev–Trinajstić information content (AvgIpc) is 3.12. The number of carbonyl (C=O) groups is 1. The van der Waals surface area contributed by atoms with Crippen LogP contribution in [-0.2, 0) is 4.74 Å². The Bertz CT molecular complexity index is 989. The number of ether oxygens (including phenoxy) is 1. The van der Waals surface area contributed by atoms with Gasteiger partial charge in [0.25, 0.3) is 0 Å². The van der Waals surface area contributed by atoms with E-state index in [1.807, 2.05) is 18.2 Å². The van der Waals surface area contributed by atoms with Crippen LogP contribution >= 0.6 is 11.3 Å². The fourth-order valence-corrected chi connectivity index (χ4v) is 3.52. The summed E-state index contributed by atoms with van der Waals surface area (Å²) >= 11 is 1.21. The molecule has 0 amide bonds. The van der Waals surface area contributed by atoms with Gasteiger partial charge in [0.15, 0.2) is 5.69 Å². The molecule has 2 heterocycles. The van der Waals surface area contributed by atoms with Crippen LogP contribution in [0, 0.1) is 0 Å². The molecule has 0 spiro atoms. The molecule has 2 aromatic heterocycles. The monoisotopic (exact) mass is 372 g/mol. The van der Waals surface area contributed by atoms with Crippen LogP contribution < -0.4 is 10.5 Å². The van der Waals surface area contributed by atoms with Gasteiger partial charge in [-0.15, -0.1) is 11.3 Å². The van der Waals surface area contributed by atoms with E-state index in [1.54, 1.807) is 18.4 Å². The molecule has 26 heavy (non-hydrogen) atoms. The van der Waals surface area contributed by atoms with Gasteiger partial charge < -0.3 is 14.1 Å². The van der Waals surface area contributed by atoms with Crippen molar-refractivity contribution in [2.45, 2.75) is 20.8 Å². The van der Waals surface area contributed by atoms with E-state index in [9.17, 15) is 9.59 Å². The second-order valence-corrected chi connectivity index (χ2v) is 6.46. The topological polar surface area (TPSA) is 72.6 Å². The molecule has 7 heteroatoms. The SMILES string of the molecule is CCOC(=O)c1csc(-c2cc3ccc(N(CC)CC)cc3oc2=O)n1. The number of anilines is 1. The molecule has 0 aliphatic heterocycles. The molecular weight excluding hydrogens is 352 g/mol. The van der Waals surface area contributed by atoms with Crippen LogP contribution in [0.3, 0.4) is 0 Å². The molecule has 0 fully saturated rings. The summed E-state index contributed by atoms with van der Waals surface area (Å²) in [5.41, 5.74) is 1.61. The maximum absolute atomic E-state index is 12.4. The maximum atomic E-state index is 12.4. The first-order valence-corrected chi connectivity index (χ1v) is 9.41. The molecule has 0 atom stereocenters. The lowest BCUT2D eigenvalue weighted by Crippen LogP contribution is -2.21. The predicted octanol–water partition coefficient (Wildman–Crippen LogP) is 3.94. The summed E-state index contributed by atoms with van der Waals surface area (Å²) in [6.07, 6.45) is 0. The van der Waals surface area contributed by atoms with E-state index in [-0.39, 0.29) is 12.3 Å². The Morgan fingerprint density at radius 2 is 2.00 bits per heavy atom. The molecule has 0 saturated heterocycles. The van der Waals surface area contributed by atoms with Crippen molar-refractivity contribution < 1.29 is 13.9 Å². The fourth-order valence-electron chi connectivity index (χ4n) is 2.73. The number of carbonyl (C=O) groups excluding carboxylic acids is 1. The summed E-state index contributed by atoms with van der Waals surface area (Å²) in [4.78, 5) is 30.6. The predicted molar refractivity (Wildman–Crippen MR) is 103 cm³/mol. The molecular formula is C19H20N2O4S. The van der Waals surface area contributed by atoms with Crippen molar-refractivity contribution in [1.29, 1.82) is 0 Å². The highest BCUT2D eigenvalue weighted by molar-refractivity contribution is 7.13. The zero-order valence-corrected chi connectivity index (χ0v) is 15.8. The lowest BCUT2D eigenvalue weighted by Gasteiger charge is -2.20. The van der Waals surface area contributed by atoms with Crippen molar-refractivity contribution in [3.05, 3.63) is 45.8 Å². The van der Waals surface area contributed by atoms with E-state index in [2.05, 4.69) is 23.7 Å². The van der Waals surface area contributed by atoms with E-state index in [1.165, 1.54) is 11.3 Å². The van der Waals surface area contributed by atoms with Crippen molar-refractivity contribution in [2.75, 3.05) is 24.6 Å².